The Morgan fingerprint density at radius 2 is 2.11 bits per heavy atom. The van der Waals surface area contributed by atoms with Gasteiger partial charge in [-0.3, -0.25) is 4.79 Å². The number of ether oxygens (including phenoxy) is 1. The van der Waals surface area contributed by atoms with Crippen LogP contribution in [-0.2, 0) is 4.79 Å². The monoisotopic (exact) mass is 264 g/mol. The van der Waals surface area contributed by atoms with E-state index in [2.05, 4.69) is 10.6 Å². The topological polar surface area (TPSA) is 87.7 Å². The highest BCUT2D eigenvalue weighted by Gasteiger charge is 2.31. The number of para-hydroxylation sites is 1. The summed E-state index contributed by atoms with van der Waals surface area (Å²) >= 11 is 0. The van der Waals surface area contributed by atoms with E-state index in [9.17, 15) is 9.59 Å². The summed E-state index contributed by atoms with van der Waals surface area (Å²) in [6.07, 6.45) is -0.247. The molecular weight excluding hydrogens is 248 g/mol. The van der Waals surface area contributed by atoms with Crippen LogP contribution in [0.1, 0.15) is 24.9 Å². The maximum absolute atomic E-state index is 11.7. The largest absolute Gasteiger partial charge is 0.488 e. The fourth-order valence-electron chi connectivity index (χ4n) is 2.04. The standard InChI is InChI=1S/C13H16N2O4/c1-8-12(9-4-2-3-5-10(9)19-8)15-13(18)14-7-6-11(16)17/h2-5,8,12H,6-7H2,1H3,(H,16,17)(H2,14,15,18). The Balaban J connectivity index is 1.92. The second-order valence-electron chi connectivity index (χ2n) is 4.38. The van der Waals surface area contributed by atoms with E-state index in [4.69, 9.17) is 9.84 Å². The molecule has 1 heterocycles. The number of urea groups is 1. The zero-order valence-corrected chi connectivity index (χ0v) is 10.6. The molecule has 0 aromatic heterocycles. The SMILES string of the molecule is CC1Oc2ccccc2C1NC(=O)NCCC(=O)O. The van der Waals surface area contributed by atoms with Crippen molar-refractivity contribution in [2.24, 2.45) is 0 Å². The van der Waals surface area contributed by atoms with Gasteiger partial charge in [0.25, 0.3) is 0 Å². The minimum atomic E-state index is -0.941. The van der Waals surface area contributed by atoms with Crippen molar-refractivity contribution >= 4 is 12.0 Å². The number of nitrogens with one attached hydrogen (secondary N) is 2. The van der Waals surface area contributed by atoms with E-state index in [1.54, 1.807) is 0 Å². The lowest BCUT2D eigenvalue weighted by molar-refractivity contribution is -0.136. The van der Waals surface area contributed by atoms with Gasteiger partial charge in [-0.15, -0.1) is 0 Å². The van der Waals surface area contributed by atoms with E-state index >= 15 is 0 Å². The van der Waals surface area contributed by atoms with Gasteiger partial charge in [0.15, 0.2) is 0 Å². The summed E-state index contributed by atoms with van der Waals surface area (Å²) in [4.78, 5) is 22.0. The molecule has 0 spiro atoms. The van der Waals surface area contributed by atoms with Crippen LogP contribution in [-0.4, -0.2) is 29.8 Å². The molecule has 0 bridgehead atoms. The van der Waals surface area contributed by atoms with E-state index in [-0.39, 0.29) is 25.1 Å². The van der Waals surface area contributed by atoms with Crippen LogP contribution in [0.5, 0.6) is 5.75 Å². The Morgan fingerprint density at radius 1 is 1.37 bits per heavy atom. The van der Waals surface area contributed by atoms with E-state index < -0.39 is 12.0 Å². The maximum Gasteiger partial charge on any atom is 0.315 e. The van der Waals surface area contributed by atoms with Crippen LogP contribution in [0.15, 0.2) is 24.3 Å². The fraction of sp³-hybridized carbons (Fsp3) is 0.385. The summed E-state index contributed by atoms with van der Waals surface area (Å²) in [6, 6.07) is 6.91. The summed E-state index contributed by atoms with van der Waals surface area (Å²) in [6.45, 7) is 1.98. The van der Waals surface area contributed by atoms with Gasteiger partial charge in [-0.05, 0) is 13.0 Å². The summed E-state index contributed by atoms with van der Waals surface area (Å²) < 4.78 is 5.63. The average molecular weight is 264 g/mol. The first-order chi connectivity index (χ1) is 9.08. The van der Waals surface area contributed by atoms with E-state index in [1.807, 2.05) is 31.2 Å². The molecule has 2 atom stereocenters. The third-order valence-electron chi connectivity index (χ3n) is 2.95. The van der Waals surface area contributed by atoms with Crippen molar-refractivity contribution in [3.63, 3.8) is 0 Å². The zero-order chi connectivity index (χ0) is 13.8. The number of carbonyl (C=O) groups is 2. The van der Waals surface area contributed by atoms with Gasteiger partial charge in [-0.25, -0.2) is 4.79 Å². The molecule has 102 valence electrons. The van der Waals surface area contributed by atoms with Gasteiger partial charge in [0.2, 0.25) is 0 Å². The maximum atomic E-state index is 11.7. The summed E-state index contributed by atoms with van der Waals surface area (Å²) in [5.41, 5.74) is 0.934. The van der Waals surface area contributed by atoms with Gasteiger partial charge < -0.3 is 20.5 Å². The molecule has 19 heavy (non-hydrogen) atoms. The third kappa shape index (κ3) is 3.15. The van der Waals surface area contributed by atoms with Crippen LogP contribution in [0.25, 0.3) is 0 Å². The highest BCUT2D eigenvalue weighted by Crippen LogP contribution is 2.35. The molecule has 0 fully saturated rings. The van der Waals surface area contributed by atoms with Crippen LogP contribution in [0.2, 0.25) is 0 Å². The number of carbonyl (C=O) groups excluding carboxylic acids is 1. The predicted octanol–water partition coefficient (Wildman–Crippen LogP) is 1.28. The number of fused-ring (bicyclic) bond motifs is 1. The van der Waals surface area contributed by atoms with Crippen LogP contribution in [0.3, 0.4) is 0 Å². The van der Waals surface area contributed by atoms with Crippen LogP contribution in [0.4, 0.5) is 4.79 Å². The molecule has 1 aromatic carbocycles. The van der Waals surface area contributed by atoms with E-state index in [1.165, 1.54) is 0 Å². The number of hydrogen-bond donors (Lipinski definition) is 3. The number of carboxylic acid groups (broad SMARTS) is 1. The first-order valence-corrected chi connectivity index (χ1v) is 6.09. The molecule has 6 heteroatoms. The lowest BCUT2D eigenvalue weighted by Crippen LogP contribution is -2.41. The van der Waals surface area contributed by atoms with Crippen molar-refractivity contribution in [3.8, 4) is 5.75 Å². The molecule has 0 aliphatic carbocycles. The van der Waals surface area contributed by atoms with E-state index in [0.29, 0.717) is 0 Å². The Kier molecular flexibility index (Phi) is 3.89. The van der Waals surface area contributed by atoms with Crippen LogP contribution >= 0.6 is 0 Å². The molecule has 1 aliphatic heterocycles. The lowest BCUT2D eigenvalue weighted by atomic mass is 10.1. The molecule has 2 amide bonds. The number of rotatable bonds is 4. The highest BCUT2D eigenvalue weighted by atomic mass is 16.5. The Labute approximate surface area is 110 Å². The average Bonchev–Trinajstić information content (AvgIpc) is 2.66. The Morgan fingerprint density at radius 3 is 2.84 bits per heavy atom. The molecule has 2 unspecified atom stereocenters. The molecular formula is C13H16N2O4. The number of hydrogen-bond acceptors (Lipinski definition) is 3. The molecule has 1 aromatic rings. The molecule has 3 N–H and O–H groups in total. The van der Waals surface area contributed by atoms with Crippen LogP contribution < -0.4 is 15.4 Å². The van der Waals surface area contributed by atoms with Crippen LogP contribution in [0, 0.1) is 0 Å². The van der Waals surface area contributed by atoms with Gasteiger partial charge in [0, 0.05) is 12.1 Å². The quantitative estimate of drug-likeness (QED) is 0.764. The molecule has 0 radical (unpaired) electrons. The second-order valence-corrected chi connectivity index (χ2v) is 4.38. The lowest BCUT2D eigenvalue weighted by Gasteiger charge is -2.17. The van der Waals surface area contributed by atoms with E-state index in [0.717, 1.165) is 11.3 Å². The first kappa shape index (κ1) is 13.2. The Bertz CT molecular complexity index is 489. The van der Waals surface area contributed by atoms with Crippen molar-refractivity contribution in [2.75, 3.05) is 6.54 Å². The molecule has 0 saturated carbocycles. The van der Waals surface area contributed by atoms with Crippen molar-refractivity contribution in [2.45, 2.75) is 25.5 Å². The van der Waals surface area contributed by atoms with Crippen molar-refractivity contribution < 1.29 is 19.4 Å². The fourth-order valence-corrected chi connectivity index (χ4v) is 2.04. The van der Waals surface area contributed by atoms with Gasteiger partial charge in [-0.1, -0.05) is 18.2 Å². The van der Waals surface area contributed by atoms with Gasteiger partial charge >= 0.3 is 12.0 Å². The predicted molar refractivity (Wildman–Crippen MR) is 68.1 cm³/mol. The smallest absolute Gasteiger partial charge is 0.315 e. The third-order valence-corrected chi connectivity index (χ3v) is 2.95. The molecule has 2 rings (SSSR count). The summed E-state index contributed by atoms with van der Waals surface area (Å²) in [5, 5.41) is 13.8. The zero-order valence-electron chi connectivity index (χ0n) is 10.6. The van der Waals surface area contributed by atoms with Crippen molar-refractivity contribution in [1.82, 2.24) is 10.6 Å². The number of aliphatic carboxylic acids is 1. The second kappa shape index (κ2) is 5.60. The molecule has 1 aliphatic rings. The van der Waals surface area contributed by atoms with Gasteiger partial charge in [-0.2, -0.15) is 0 Å². The highest BCUT2D eigenvalue weighted by molar-refractivity contribution is 5.75. The van der Waals surface area contributed by atoms with Gasteiger partial charge in [0.1, 0.15) is 11.9 Å². The minimum Gasteiger partial charge on any atom is -0.488 e. The number of amides is 2. The van der Waals surface area contributed by atoms with Gasteiger partial charge in [0.05, 0.1) is 12.5 Å². The number of benzene rings is 1. The first-order valence-electron chi connectivity index (χ1n) is 6.09. The summed E-state index contributed by atoms with van der Waals surface area (Å²) in [5.74, 6) is -0.172. The normalized spacial score (nSPS) is 20.3. The Hall–Kier alpha value is -2.24. The minimum absolute atomic E-state index is 0.0965. The molecule has 0 saturated heterocycles. The van der Waals surface area contributed by atoms with Crippen molar-refractivity contribution in [3.05, 3.63) is 29.8 Å². The molecule has 6 nitrogen and oxygen atoms in total. The number of carboxylic acids is 1. The summed E-state index contributed by atoms with van der Waals surface area (Å²) in [7, 11) is 0. The van der Waals surface area contributed by atoms with Crippen molar-refractivity contribution in [1.29, 1.82) is 0 Å².